The molecule has 2 aromatic heterocycles. The first-order valence-corrected chi connectivity index (χ1v) is 14.8. The van der Waals surface area contributed by atoms with Gasteiger partial charge < -0.3 is 29.7 Å². The van der Waals surface area contributed by atoms with Crippen LogP contribution in [0.1, 0.15) is 52.0 Å². The zero-order valence-corrected chi connectivity index (χ0v) is 25.0. The van der Waals surface area contributed by atoms with Crippen LogP contribution >= 0.6 is 22.7 Å². The number of rotatable bonds is 16. The monoisotopic (exact) mass is 613 g/mol. The lowest BCUT2D eigenvalue weighted by atomic mass is 10.0. The van der Waals surface area contributed by atoms with Gasteiger partial charge in [0, 0.05) is 40.9 Å². The van der Waals surface area contributed by atoms with Crippen LogP contribution in [0.2, 0.25) is 0 Å². The summed E-state index contributed by atoms with van der Waals surface area (Å²) >= 11 is 2.61. The summed E-state index contributed by atoms with van der Waals surface area (Å²) in [4.78, 5) is 47.9. The van der Waals surface area contributed by atoms with E-state index in [1.54, 1.807) is 26.4 Å². The molecule has 3 N–H and O–H groups in total. The van der Waals surface area contributed by atoms with E-state index in [4.69, 9.17) is 24.4 Å². The van der Waals surface area contributed by atoms with Crippen molar-refractivity contribution in [3.8, 4) is 17.2 Å². The lowest BCUT2D eigenvalue weighted by Crippen LogP contribution is -2.13. The largest absolute Gasteiger partial charge is 0.495 e. The maximum Gasteiger partial charge on any atom is 0.306 e. The van der Waals surface area contributed by atoms with E-state index < -0.39 is 17.9 Å². The Hall–Kier alpha value is -4.16. The number of hydrogen-bond acceptors (Lipinski definition) is 10. The lowest BCUT2D eigenvalue weighted by Gasteiger charge is -2.13. The molecular formula is C30H31NO9S2. The average Bonchev–Trinajstić information content (AvgIpc) is 3.58. The second kappa shape index (κ2) is 13.7. The highest BCUT2D eigenvalue weighted by atomic mass is 32.1. The molecule has 4 rings (SSSR count). The SMILES string of the molecule is COc1cc2sc(C(=O)C[C@H](C)C(=O)O)cc2cc1NCCCOc1cc2cc(C(=O)CCC(=O)O)sc2cc1OC. The Bertz CT molecular complexity index is 1640. The zero-order chi connectivity index (χ0) is 30.4. The van der Waals surface area contributed by atoms with Crippen LogP contribution < -0.4 is 19.5 Å². The fourth-order valence-electron chi connectivity index (χ4n) is 4.26. The molecule has 0 saturated heterocycles. The summed E-state index contributed by atoms with van der Waals surface area (Å²) in [6, 6.07) is 10.9. The number of carbonyl (C=O) groups is 4. The number of ketones is 2. The van der Waals surface area contributed by atoms with Crippen molar-refractivity contribution in [3.63, 3.8) is 0 Å². The molecule has 0 aliphatic carbocycles. The smallest absolute Gasteiger partial charge is 0.306 e. The third-order valence-corrected chi connectivity index (χ3v) is 8.84. The molecule has 2 aromatic carbocycles. The van der Waals surface area contributed by atoms with E-state index >= 15 is 0 Å². The van der Waals surface area contributed by atoms with Crippen LogP contribution in [0.25, 0.3) is 20.2 Å². The first-order chi connectivity index (χ1) is 20.1. The summed E-state index contributed by atoms with van der Waals surface area (Å²) in [5, 5.41) is 23.0. The molecule has 0 spiro atoms. The van der Waals surface area contributed by atoms with Crippen molar-refractivity contribution in [2.75, 3.05) is 32.7 Å². The minimum atomic E-state index is -1.01. The van der Waals surface area contributed by atoms with Crippen LogP contribution in [0.15, 0.2) is 36.4 Å². The Labute approximate surface area is 249 Å². The average molecular weight is 614 g/mol. The highest BCUT2D eigenvalue weighted by Crippen LogP contribution is 2.38. The van der Waals surface area contributed by atoms with Crippen molar-refractivity contribution >= 4 is 72.0 Å². The highest BCUT2D eigenvalue weighted by molar-refractivity contribution is 7.21. The first-order valence-electron chi connectivity index (χ1n) is 13.2. The second-order valence-electron chi connectivity index (χ2n) is 9.66. The number of fused-ring (bicyclic) bond motifs is 2. The molecule has 0 saturated carbocycles. The summed E-state index contributed by atoms with van der Waals surface area (Å²) in [7, 11) is 3.11. The Kier molecular flexibility index (Phi) is 10.0. The van der Waals surface area contributed by atoms with Gasteiger partial charge in [-0.15, -0.1) is 22.7 Å². The minimum Gasteiger partial charge on any atom is -0.495 e. The second-order valence-corrected chi connectivity index (χ2v) is 11.8. The van der Waals surface area contributed by atoms with Crippen molar-refractivity contribution < 1.29 is 43.6 Å². The van der Waals surface area contributed by atoms with Gasteiger partial charge in [0.1, 0.15) is 5.75 Å². The van der Waals surface area contributed by atoms with Crippen molar-refractivity contribution in [2.24, 2.45) is 5.92 Å². The minimum absolute atomic E-state index is 0.0505. The highest BCUT2D eigenvalue weighted by Gasteiger charge is 2.20. The van der Waals surface area contributed by atoms with Crippen LogP contribution in [0.5, 0.6) is 17.2 Å². The van der Waals surface area contributed by atoms with Gasteiger partial charge >= 0.3 is 11.9 Å². The number of benzene rings is 2. The van der Waals surface area contributed by atoms with Gasteiger partial charge in [-0.05, 0) is 41.5 Å². The van der Waals surface area contributed by atoms with E-state index in [1.165, 1.54) is 29.6 Å². The Morgan fingerprint density at radius 2 is 1.43 bits per heavy atom. The third-order valence-electron chi connectivity index (χ3n) is 6.56. The number of nitrogens with one attached hydrogen (secondary N) is 1. The van der Waals surface area contributed by atoms with E-state index in [9.17, 15) is 19.2 Å². The van der Waals surface area contributed by atoms with E-state index in [-0.39, 0.29) is 30.8 Å². The predicted molar refractivity (Wildman–Crippen MR) is 162 cm³/mol. The molecule has 1 atom stereocenters. The summed E-state index contributed by atoms with van der Waals surface area (Å²) in [6.07, 6.45) is 0.331. The number of carbonyl (C=O) groups excluding carboxylic acids is 2. The topological polar surface area (TPSA) is 148 Å². The van der Waals surface area contributed by atoms with Gasteiger partial charge in [-0.3, -0.25) is 19.2 Å². The van der Waals surface area contributed by atoms with Crippen LogP contribution in [0.3, 0.4) is 0 Å². The number of Topliss-reactive ketones (excluding diaryl/α,β-unsaturated/α-hetero) is 2. The quantitative estimate of drug-likeness (QED) is 0.0963. The molecule has 0 aliphatic heterocycles. The molecule has 0 bridgehead atoms. The van der Waals surface area contributed by atoms with Crippen LogP contribution in [-0.4, -0.2) is 61.1 Å². The number of thiophene rings is 2. The number of ether oxygens (including phenoxy) is 3. The van der Waals surface area contributed by atoms with Crippen molar-refractivity contribution in [2.45, 2.75) is 32.6 Å². The van der Waals surface area contributed by atoms with Crippen molar-refractivity contribution in [1.82, 2.24) is 0 Å². The van der Waals surface area contributed by atoms with Crippen LogP contribution in [-0.2, 0) is 9.59 Å². The van der Waals surface area contributed by atoms with E-state index in [0.29, 0.717) is 46.6 Å². The number of anilines is 1. The maximum atomic E-state index is 12.6. The Balaban J connectivity index is 1.37. The first kappa shape index (κ1) is 30.8. The van der Waals surface area contributed by atoms with E-state index in [1.807, 2.05) is 24.3 Å². The van der Waals surface area contributed by atoms with Gasteiger partial charge in [-0.1, -0.05) is 6.92 Å². The van der Waals surface area contributed by atoms with Crippen molar-refractivity contribution in [1.29, 1.82) is 0 Å². The molecule has 0 aliphatic rings. The van der Waals surface area contributed by atoms with E-state index in [2.05, 4.69) is 5.32 Å². The molecule has 0 amide bonds. The Morgan fingerprint density at radius 1 is 0.810 bits per heavy atom. The third kappa shape index (κ3) is 7.37. The molecule has 222 valence electrons. The van der Waals surface area contributed by atoms with Gasteiger partial charge in [-0.2, -0.15) is 0 Å². The van der Waals surface area contributed by atoms with Crippen molar-refractivity contribution in [3.05, 3.63) is 46.2 Å². The number of methoxy groups -OCH3 is 2. The van der Waals surface area contributed by atoms with Gasteiger partial charge in [0.2, 0.25) is 0 Å². The fraction of sp³-hybridized carbons (Fsp3) is 0.333. The van der Waals surface area contributed by atoms with Crippen LogP contribution in [0.4, 0.5) is 5.69 Å². The number of carboxylic acid groups (broad SMARTS) is 2. The molecule has 12 heteroatoms. The summed E-state index contributed by atoms with van der Waals surface area (Å²) in [6.45, 7) is 2.47. The molecule has 0 unspecified atom stereocenters. The van der Waals surface area contributed by atoms with Crippen LogP contribution in [0, 0.1) is 5.92 Å². The van der Waals surface area contributed by atoms with Gasteiger partial charge in [0.25, 0.3) is 0 Å². The summed E-state index contributed by atoms with van der Waals surface area (Å²) in [5.41, 5.74) is 0.762. The maximum absolute atomic E-state index is 12.6. The molecule has 0 radical (unpaired) electrons. The Morgan fingerprint density at radius 3 is 2.05 bits per heavy atom. The molecule has 10 nitrogen and oxygen atoms in total. The number of aliphatic carboxylic acids is 2. The zero-order valence-electron chi connectivity index (χ0n) is 23.4. The van der Waals surface area contributed by atoms with E-state index in [0.717, 1.165) is 25.9 Å². The lowest BCUT2D eigenvalue weighted by molar-refractivity contribution is -0.141. The summed E-state index contributed by atoms with van der Waals surface area (Å²) in [5.74, 6) is -1.46. The van der Waals surface area contributed by atoms with Gasteiger partial charge in [0.05, 0.1) is 48.6 Å². The molecule has 2 heterocycles. The predicted octanol–water partition coefficient (Wildman–Crippen LogP) is 6.36. The molecular weight excluding hydrogens is 582 g/mol. The molecule has 0 fully saturated rings. The number of hydrogen-bond donors (Lipinski definition) is 3. The summed E-state index contributed by atoms with van der Waals surface area (Å²) < 4.78 is 18.7. The fourth-order valence-corrected chi connectivity index (χ4v) is 6.32. The van der Waals surface area contributed by atoms with Gasteiger partial charge in [0.15, 0.2) is 23.1 Å². The number of carboxylic acids is 2. The molecule has 42 heavy (non-hydrogen) atoms. The standard InChI is InChI=1S/C30H31NO9S2/c1-16(30(36)37)9-21(33)28-12-17-10-19(22(38-2)14-25(17)42-28)31-7-4-8-40-24-11-18-13-27(20(32)5-6-29(34)35)41-26(18)15-23(24)39-3/h10-16,31H,4-9H2,1-3H3,(H,34,35)(H,36,37)/t16-/m0/s1. The van der Waals surface area contributed by atoms with Gasteiger partial charge in [-0.25, -0.2) is 0 Å². The molecule has 4 aromatic rings. The normalized spacial score (nSPS) is 11.8.